The Morgan fingerprint density at radius 1 is 1.31 bits per heavy atom. The molecule has 4 heteroatoms. The molecule has 0 radical (unpaired) electrons. The summed E-state index contributed by atoms with van der Waals surface area (Å²) in [7, 11) is 0. The molecule has 72 valence electrons. The Bertz CT molecular complexity index is 272. The summed E-state index contributed by atoms with van der Waals surface area (Å²) in [6, 6.07) is 0. The molecule has 1 aliphatic carbocycles. The van der Waals surface area contributed by atoms with E-state index < -0.39 is 0 Å². The number of aromatic nitrogens is 1. The molecule has 0 aromatic carbocycles. The van der Waals surface area contributed by atoms with Crippen LogP contribution >= 0.6 is 11.6 Å². The van der Waals surface area contributed by atoms with Crippen LogP contribution in [0.25, 0.3) is 0 Å². The molecule has 13 heavy (non-hydrogen) atoms. The van der Waals surface area contributed by atoms with Crippen molar-refractivity contribution < 1.29 is 4.52 Å². The molecule has 0 spiro atoms. The first-order valence-electron chi connectivity index (χ1n) is 4.69. The minimum absolute atomic E-state index is 0.400. The van der Waals surface area contributed by atoms with E-state index >= 15 is 0 Å². The van der Waals surface area contributed by atoms with Crippen LogP contribution in [0, 0.1) is 0 Å². The van der Waals surface area contributed by atoms with Crippen LogP contribution in [-0.4, -0.2) is 5.16 Å². The molecule has 1 aromatic rings. The maximum atomic E-state index is 5.89. The van der Waals surface area contributed by atoms with Crippen LogP contribution in [0.4, 0.5) is 5.88 Å². The van der Waals surface area contributed by atoms with E-state index in [0.29, 0.717) is 17.0 Å². The van der Waals surface area contributed by atoms with Gasteiger partial charge in [0.15, 0.2) is 5.15 Å². The van der Waals surface area contributed by atoms with Gasteiger partial charge in [0.2, 0.25) is 5.88 Å². The van der Waals surface area contributed by atoms with Crippen molar-refractivity contribution in [2.75, 3.05) is 5.73 Å². The maximum absolute atomic E-state index is 5.89. The van der Waals surface area contributed by atoms with Crippen molar-refractivity contribution in [2.24, 2.45) is 0 Å². The fraction of sp³-hybridized carbons (Fsp3) is 0.667. The standard InChI is InChI=1S/C9H13ClN2O/c10-8-7(9(11)13-12-8)6-4-2-1-3-5-6/h6H,1-5,11H2. The summed E-state index contributed by atoms with van der Waals surface area (Å²) >= 11 is 5.89. The summed E-state index contributed by atoms with van der Waals surface area (Å²) in [4.78, 5) is 0. The summed E-state index contributed by atoms with van der Waals surface area (Å²) in [6.07, 6.45) is 6.15. The minimum atomic E-state index is 0.400. The fourth-order valence-electron chi connectivity index (χ4n) is 2.05. The molecule has 0 atom stereocenters. The molecule has 1 saturated carbocycles. The van der Waals surface area contributed by atoms with Gasteiger partial charge in [0.25, 0.3) is 0 Å². The van der Waals surface area contributed by atoms with Crippen LogP contribution in [-0.2, 0) is 0 Å². The van der Waals surface area contributed by atoms with E-state index in [-0.39, 0.29) is 0 Å². The van der Waals surface area contributed by atoms with Gasteiger partial charge >= 0.3 is 0 Å². The van der Waals surface area contributed by atoms with Crippen LogP contribution in [0.2, 0.25) is 5.15 Å². The third-order valence-electron chi connectivity index (χ3n) is 2.73. The van der Waals surface area contributed by atoms with Crippen LogP contribution in [0.15, 0.2) is 4.52 Å². The molecule has 0 amide bonds. The second kappa shape index (κ2) is 3.58. The Balaban J connectivity index is 2.22. The predicted octanol–water partition coefficient (Wildman–Crippen LogP) is 2.96. The molecule has 0 bridgehead atoms. The van der Waals surface area contributed by atoms with Gasteiger partial charge in [-0.1, -0.05) is 36.0 Å². The normalized spacial score (nSPS) is 19.2. The van der Waals surface area contributed by atoms with E-state index in [1.54, 1.807) is 0 Å². The van der Waals surface area contributed by atoms with E-state index in [1.807, 2.05) is 0 Å². The Labute approximate surface area is 82.2 Å². The largest absolute Gasteiger partial charge is 0.367 e. The Kier molecular flexibility index (Phi) is 2.44. The molecule has 1 fully saturated rings. The monoisotopic (exact) mass is 200 g/mol. The van der Waals surface area contributed by atoms with Crippen LogP contribution in [0.1, 0.15) is 43.6 Å². The second-order valence-corrected chi connectivity index (χ2v) is 3.94. The third kappa shape index (κ3) is 1.66. The zero-order chi connectivity index (χ0) is 9.26. The number of anilines is 1. The maximum Gasteiger partial charge on any atom is 0.227 e. The Morgan fingerprint density at radius 2 is 2.00 bits per heavy atom. The Hall–Kier alpha value is -0.700. The van der Waals surface area contributed by atoms with Crippen LogP contribution in [0.5, 0.6) is 0 Å². The molecule has 0 saturated heterocycles. The summed E-state index contributed by atoms with van der Waals surface area (Å²) in [5.41, 5.74) is 6.59. The van der Waals surface area contributed by atoms with Crippen molar-refractivity contribution in [1.82, 2.24) is 5.16 Å². The van der Waals surface area contributed by atoms with Crippen molar-refractivity contribution >= 4 is 17.5 Å². The van der Waals surface area contributed by atoms with Gasteiger partial charge in [-0.15, -0.1) is 0 Å². The summed E-state index contributed by atoms with van der Waals surface area (Å²) in [5.74, 6) is 0.865. The van der Waals surface area contributed by atoms with Gasteiger partial charge in [-0.2, -0.15) is 0 Å². The van der Waals surface area contributed by atoms with Crippen molar-refractivity contribution in [3.05, 3.63) is 10.7 Å². The lowest BCUT2D eigenvalue weighted by Crippen LogP contribution is -2.06. The van der Waals surface area contributed by atoms with Gasteiger partial charge in [0.05, 0.1) is 5.56 Å². The summed E-state index contributed by atoms with van der Waals surface area (Å²) in [6.45, 7) is 0. The first kappa shape index (κ1) is 8.88. The number of rotatable bonds is 1. The number of nitrogens with zero attached hydrogens (tertiary/aromatic N) is 1. The molecular formula is C9H13ClN2O. The van der Waals surface area contributed by atoms with Crippen molar-refractivity contribution in [2.45, 2.75) is 38.0 Å². The molecular weight excluding hydrogens is 188 g/mol. The lowest BCUT2D eigenvalue weighted by atomic mass is 9.85. The average molecular weight is 201 g/mol. The summed E-state index contributed by atoms with van der Waals surface area (Å²) in [5, 5.41) is 4.11. The van der Waals surface area contributed by atoms with E-state index in [1.165, 1.54) is 19.3 Å². The average Bonchev–Trinajstić information content (AvgIpc) is 2.48. The highest BCUT2D eigenvalue weighted by Gasteiger charge is 2.23. The first-order valence-corrected chi connectivity index (χ1v) is 5.07. The van der Waals surface area contributed by atoms with Crippen molar-refractivity contribution in [3.63, 3.8) is 0 Å². The van der Waals surface area contributed by atoms with Gasteiger partial charge < -0.3 is 10.3 Å². The van der Waals surface area contributed by atoms with Gasteiger partial charge in [0.1, 0.15) is 0 Å². The fourth-order valence-corrected chi connectivity index (χ4v) is 2.33. The lowest BCUT2D eigenvalue weighted by molar-refractivity contribution is 0.427. The zero-order valence-corrected chi connectivity index (χ0v) is 8.18. The van der Waals surface area contributed by atoms with E-state index in [0.717, 1.165) is 18.4 Å². The van der Waals surface area contributed by atoms with Gasteiger partial charge in [-0.25, -0.2) is 0 Å². The highest BCUT2D eigenvalue weighted by Crippen LogP contribution is 2.38. The van der Waals surface area contributed by atoms with Gasteiger partial charge in [0, 0.05) is 0 Å². The quantitative estimate of drug-likeness (QED) is 0.759. The highest BCUT2D eigenvalue weighted by molar-refractivity contribution is 6.30. The number of halogens is 1. The van der Waals surface area contributed by atoms with Gasteiger partial charge in [-0.3, -0.25) is 0 Å². The SMILES string of the molecule is Nc1onc(Cl)c1C1CCCCC1. The van der Waals surface area contributed by atoms with E-state index in [2.05, 4.69) is 5.16 Å². The lowest BCUT2D eigenvalue weighted by Gasteiger charge is -2.20. The second-order valence-electron chi connectivity index (χ2n) is 3.59. The first-order chi connectivity index (χ1) is 6.29. The van der Waals surface area contributed by atoms with Crippen molar-refractivity contribution in [1.29, 1.82) is 0 Å². The van der Waals surface area contributed by atoms with Crippen LogP contribution in [0.3, 0.4) is 0 Å². The molecule has 1 aliphatic rings. The van der Waals surface area contributed by atoms with E-state index in [9.17, 15) is 0 Å². The minimum Gasteiger partial charge on any atom is -0.367 e. The smallest absolute Gasteiger partial charge is 0.227 e. The Morgan fingerprint density at radius 3 is 2.54 bits per heavy atom. The van der Waals surface area contributed by atoms with E-state index in [4.69, 9.17) is 21.9 Å². The predicted molar refractivity (Wildman–Crippen MR) is 51.8 cm³/mol. The zero-order valence-electron chi connectivity index (χ0n) is 7.42. The molecule has 1 aromatic heterocycles. The number of nitrogen functional groups attached to an aromatic ring is 1. The molecule has 2 rings (SSSR count). The number of nitrogens with two attached hydrogens (primary N) is 1. The topological polar surface area (TPSA) is 52.0 Å². The molecule has 0 aliphatic heterocycles. The van der Waals surface area contributed by atoms with Gasteiger partial charge in [-0.05, 0) is 18.8 Å². The number of hydrogen-bond donors (Lipinski definition) is 1. The molecule has 0 unspecified atom stereocenters. The van der Waals surface area contributed by atoms with Crippen molar-refractivity contribution in [3.8, 4) is 0 Å². The summed E-state index contributed by atoms with van der Waals surface area (Å²) < 4.78 is 4.84. The molecule has 1 heterocycles. The third-order valence-corrected chi connectivity index (χ3v) is 3.00. The van der Waals surface area contributed by atoms with Crippen LogP contribution < -0.4 is 5.73 Å². The molecule has 2 N–H and O–H groups in total. The highest BCUT2D eigenvalue weighted by atomic mass is 35.5. The number of hydrogen-bond acceptors (Lipinski definition) is 3. The molecule has 3 nitrogen and oxygen atoms in total.